The van der Waals surface area contributed by atoms with Gasteiger partial charge in [-0.1, -0.05) is 33.6 Å². The molecule has 0 fully saturated rings. The molecule has 2 nitrogen and oxygen atoms in total. The van der Waals surface area contributed by atoms with Crippen LogP contribution in [0.15, 0.2) is 0 Å². The van der Waals surface area contributed by atoms with Crippen LogP contribution in [0.4, 0.5) is 0 Å². The van der Waals surface area contributed by atoms with Gasteiger partial charge in [0, 0.05) is 11.3 Å². The molecular formula is C11H25NOS. The van der Waals surface area contributed by atoms with E-state index in [4.69, 9.17) is 5.73 Å². The molecule has 0 aromatic heterocycles. The first kappa shape index (κ1) is 14.3. The minimum atomic E-state index is 0.152. The van der Waals surface area contributed by atoms with Crippen molar-refractivity contribution in [2.24, 2.45) is 11.7 Å². The van der Waals surface area contributed by atoms with Crippen molar-refractivity contribution < 1.29 is 5.11 Å². The molecule has 0 aliphatic rings. The summed E-state index contributed by atoms with van der Waals surface area (Å²) in [5.74, 6) is 1.84. The first-order chi connectivity index (χ1) is 6.65. The maximum atomic E-state index is 9.21. The molecule has 0 heterocycles. The number of hydrogen-bond acceptors (Lipinski definition) is 3. The molecule has 0 radical (unpaired) electrons. The molecule has 0 saturated heterocycles. The Morgan fingerprint density at radius 1 is 1.36 bits per heavy atom. The molecular weight excluding hydrogens is 194 g/mol. The molecule has 86 valence electrons. The molecule has 3 unspecified atom stereocenters. The van der Waals surface area contributed by atoms with Crippen LogP contribution in [-0.4, -0.2) is 28.8 Å². The van der Waals surface area contributed by atoms with E-state index in [2.05, 4.69) is 20.8 Å². The summed E-state index contributed by atoms with van der Waals surface area (Å²) in [6.07, 6.45) is 3.31. The van der Waals surface area contributed by atoms with E-state index in [1.165, 1.54) is 6.42 Å². The zero-order valence-corrected chi connectivity index (χ0v) is 10.5. The maximum Gasteiger partial charge on any atom is 0.0565 e. The third-order valence-electron chi connectivity index (χ3n) is 2.57. The van der Waals surface area contributed by atoms with Crippen LogP contribution >= 0.6 is 11.8 Å². The summed E-state index contributed by atoms with van der Waals surface area (Å²) in [6.45, 7) is 6.79. The van der Waals surface area contributed by atoms with Crippen LogP contribution in [0.5, 0.6) is 0 Å². The van der Waals surface area contributed by atoms with E-state index in [9.17, 15) is 5.11 Å². The van der Waals surface area contributed by atoms with Gasteiger partial charge in [-0.25, -0.2) is 0 Å². The largest absolute Gasteiger partial charge is 0.395 e. The molecule has 0 bridgehead atoms. The predicted octanol–water partition coefficient (Wildman–Crippen LogP) is 2.25. The molecule has 3 atom stereocenters. The van der Waals surface area contributed by atoms with E-state index in [0.717, 1.165) is 24.5 Å². The van der Waals surface area contributed by atoms with Crippen molar-refractivity contribution in [1.82, 2.24) is 0 Å². The molecule has 3 N–H and O–H groups in total. The molecule has 0 spiro atoms. The second-order valence-corrected chi connectivity index (χ2v) is 5.29. The van der Waals surface area contributed by atoms with Gasteiger partial charge in [0.25, 0.3) is 0 Å². The van der Waals surface area contributed by atoms with Gasteiger partial charge >= 0.3 is 0 Å². The van der Waals surface area contributed by atoms with Crippen LogP contribution in [0, 0.1) is 5.92 Å². The Morgan fingerprint density at radius 3 is 2.43 bits per heavy atom. The molecule has 0 amide bonds. The zero-order chi connectivity index (χ0) is 11.0. The number of nitrogens with two attached hydrogens (primary N) is 1. The van der Waals surface area contributed by atoms with Crippen LogP contribution in [0.2, 0.25) is 0 Å². The van der Waals surface area contributed by atoms with Crippen LogP contribution in [0.25, 0.3) is 0 Å². The summed E-state index contributed by atoms with van der Waals surface area (Å²) >= 11 is 1.83. The molecule has 14 heavy (non-hydrogen) atoms. The van der Waals surface area contributed by atoms with Crippen LogP contribution in [0.3, 0.4) is 0 Å². The highest BCUT2D eigenvalue weighted by molar-refractivity contribution is 8.00. The van der Waals surface area contributed by atoms with Crippen LogP contribution in [-0.2, 0) is 0 Å². The smallest absolute Gasteiger partial charge is 0.0565 e. The number of aliphatic hydroxyl groups excluding tert-OH is 1. The Bertz CT molecular complexity index is 132. The van der Waals surface area contributed by atoms with E-state index in [-0.39, 0.29) is 17.9 Å². The third kappa shape index (κ3) is 5.89. The van der Waals surface area contributed by atoms with Gasteiger partial charge in [0.1, 0.15) is 0 Å². The Hall–Kier alpha value is 0.270. The van der Waals surface area contributed by atoms with E-state index >= 15 is 0 Å². The molecule has 3 heteroatoms. The van der Waals surface area contributed by atoms with E-state index in [1.807, 2.05) is 11.8 Å². The van der Waals surface area contributed by atoms with Gasteiger partial charge in [-0.2, -0.15) is 11.8 Å². The van der Waals surface area contributed by atoms with Crippen molar-refractivity contribution in [2.75, 3.05) is 12.4 Å². The zero-order valence-electron chi connectivity index (χ0n) is 9.70. The van der Waals surface area contributed by atoms with Crippen molar-refractivity contribution >= 4 is 11.8 Å². The summed E-state index contributed by atoms with van der Waals surface area (Å²) in [5.41, 5.74) is 5.99. The fraction of sp³-hybridized carbons (Fsp3) is 1.00. The average Bonchev–Trinajstić information content (AvgIpc) is 2.18. The van der Waals surface area contributed by atoms with Gasteiger partial charge in [0.2, 0.25) is 0 Å². The third-order valence-corrected chi connectivity index (χ3v) is 4.26. The van der Waals surface area contributed by atoms with E-state index in [0.29, 0.717) is 0 Å². The first-order valence-electron chi connectivity index (χ1n) is 5.63. The summed E-state index contributed by atoms with van der Waals surface area (Å²) < 4.78 is 0. The highest BCUT2D eigenvalue weighted by Crippen LogP contribution is 2.20. The topological polar surface area (TPSA) is 46.2 Å². The maximum absolute atomic E-state index is 9.21. The van der Waals surface area contributed by atoms with Crippen molar-refractivity contribution in [1.29, 1.82) is 0 Å². The van der Waals surface area contributed by atoms with E-state index in [1.54, 1.807) is 0 Å². The highest BCUT2D eigenvalue weighted by atomic mass is 32.2. The number of rotatable bonds is 8. The SMILES string of the molecule is CCCC(N)C(CO)SCC(C)CC. The quantitative estimate of drug-likeness (QED) is 0.658. The molecule has 0 aromatic carbocycles. The Balaban J connectivity index is 3.77. The minimum Gasteiger partial charge on any atom is -0.395 e. The lowest BCUT2D eigenvalue weighted by atomic mass is 10.1. The van der Waals surface area contributed by atoms with Crippen molar-refractivity contribution in [2.45, 2.75) is 51.3 Å². The van der Waals surface area contributed by atoms with Gasteiger partial charge < -0.3 is 10.8 Å². The summed E-state index contributed by atoms with van der Waals surface area (Å²) in [4.78, 5) is 0. The number of thioether (sulfide) groups is 1. The minimum absolute atomic E-state index is 0.152. The van der Waals surface area contributed by atoms with Gasteiger partial charge in [0.05, 0.1) is 6.61 Å². The van der Waals surface area contributed by atoms with Crippen LogP contribution in [0.1, 0.15) is 40.0 Å². The summed E-state index contributed by atoms with van der Waals surface area (Å²) in [6, 6.07) is 0.152. The Kier molecular flexibility index (Phi) is 8.73. The number of aliphatic hydroxyl groups is 1. The fourth-order valence-electron chi connectivity index (χ4n) is 1.24. The monoisotopic (exact) mass is 219 g/mol. The fourth-order valence-corrected chi connectivity index (χ4v) is 2.54. The molecule has 0 aliphatic carbocycles. The van der Waals surface area contributed by atoms with Gasteiger partial charge in [-0.15, -0.1) is 0 Å². The molecule has 0 aliphatic heterocycles. The lowest BCUT2D eigenvalue weighted by Gasteiger charge is -2.22. The van der Waals surface area contributed by atoms with Crippen molar-refractivity contribution in [3.63, 3.8) is 0 Å². The van der Waals surface area contributed by atoms with Gasteiger partial charge in [0.15, 0.2) is 0 Å². The van der Waals surface area contributed by atoms with Crippen LogP contribution < -0.4 is 5.73 Å². The summed E-state index contributed by atoms with van der Waals surface area (Å²) in [7, 11) is 0. The standard InChI is InChI=1S/C11H25NOS/c1-4-6-10(12)11(7-13)14-8-9(3)5-2/h9-11,13H,4-8,12H2,1-3H3. The van der Waals surface area contributed by atoms with Gasteiger partial charge in [-0.05, 0) is 18.1 Å². The lowest BCUT2D eigenvalue weighted by molar-refractivity contribution is 0.279. The normalized spacial score (nSPS) is 17.8. The lowest BCUT2D eigenvalue weighted by Crippen LogP contribution is -2.35. The van der Waals surface area contributed by atoms with Crippen molar-refractivity contribution in [3.05, 3.63) is 0 Å². The Labute approximate surface area is 92.6 Å². The summed E-state index contributed by atoms with van der Waals surface area (Å²) in [5, 5.41) is 9.43. The second kappa shape index (κ2) is 8.57. The molecule has 0 rings (SSSR count). The second-order valence-electron chi connectivity index (χ2n) is 4.02. The van der Waals surface area contributed by atoms with Crippen molar-refractivity contribution in [3.8, 4) is 0 Å². The predicted molar refractivity (Wildman–Crippen MR) is 65.7 cm³/mol. The first-order valence-corrected chi connectivity index (χ1v) is 6.68. The average molecular weight is 219 g/mol. The molecule has 0 aromatic rings. The van der Waals surface area contributed by atoms with Gasteiger partial charge in [-0.3, -0.25) is 0 Å². The molecule has 0 saturated carbocycles. The van der Waals surface area contributed by atoms with E-state index < -0.39 is 0 Å². The highest BCUT2D eigenvalue weighted by Gasteiger charge is 2.17. The Morgan fingerprint density at radius 2 is 2.00 bits per heavy atom. The number of hydrogen-bond donors (Lipinski definition) is 2.